The van der Waals surface area contributed by atoms with E-state index in [1.807, 2.05) is 12.1 Å². The van der Waals surface area contributed by atoms with Crippen molar-refractivity contribution in [2.24, 2.45) is 17.6 Å². The number of carbonyl (C=O) groups excluding carboxylic acids is 3. The van der Waals surface area contributed by atoms with Gasteiger partial charge < -0.3 is 21.3 Å². The molecule has 1 aliphatic heterocycles. The fourth-order valence-electron chi connectivity index (χ4n) is 5.77. The maximum absolute atomic E-state index is 13.2. The molecule has 3 amide bonds. The fraction of sp³-hybridized carbons (Fsp3) is 0.452. The van der Waals surface area contributed by atoms with Gasteiger partial charge in [-0.15, -0.1) is 0 Å². The van der Waals surface area contributed by atoms with E-state index >= 15 is 0 Å². The number of aryl methyl sites for hydroxylation is 1. The Morgan fingerprint density at radius 2 is 1.89 bits per heavy atom. The molecule has 0 radical (unpaired) electrons. The maximum Gasteiger partial charge on any atom is 0.245 e. The molecular formula is C31H38N4O3. The molecule has 3 aliphatic rings. The van der Waals surface area contributed by atoms with E-state index in [2.05, 4.69) is 53.1 Å². The Hall–Kier alpha value is -3.45. The summed E-state index contributed by atoms with van der Waals surface area (Å²) in [4.78, 5) is 40.3. The van der Waals surface area contributed by atoms with Gasteiger partial charge in [0, 0.05) is 31.6 Å². The first-order chi connectivity index (χ1) is 18.5. The third-order valence-corrected chi connectivity index (χ3v) is 7.98. The van der Waals surface area contributed by atoms with Crippen LogP contribution >= 0.6 is 0 Å². The van der Waals surface area contributed by atoms with Crippen molar-refractivity contribution in [3.63, 3.8) is 0 Å². The molecule has 4 N–H and O–H groups in total. The van der Waals surface area contributed by atoms with Crippen molar-refractivity contribution in [1.29, 1.82) is 0 Å². The minimum Gasteiger partial charge on any atom is -0.344 e. The number of allylic oxidation sites excluding steroid dienone is 2. The van der Waals surface area contributed by atoms with Gasteiger partial charge in [-0.05, 0) is 66.7 Å². The highest BCUT2D eigenvalue weighted by molar-refractivity contribution is 5.91. The van der Waals surface area contributed by atoms with Crippen molar-refractivity contribution < 1.29 is 14.4 Å². The Balaban J connectivity index is 1.09. The number of carbonyl (C=O) groups is 3. The molecule has 1 saturated heterocycles. The van der Waals surface area contributed by atoms with Crippen LogP contribution in [0.1, 0.15) is 50.5 Å². The molecule has 0 bridgehead atoms. The summed E-state index contributed by atoms with van der Waals surface area (Å²) in [5.74, 6) is 0.527. The van der Waals surface area contributed by atoms with Gasteiger partial charge in [0.2, 0.25) is 17.7 Å². The summed E-state index contributed by atoms with van der Waals surface area (Å²) in [6.07, 6.45) is 10.2. The van der Waals surface area contributed by atoms with Gasteiger partial charge in [-0.25, -0.2) is 0 Å². The normalized spacial score (nSPS) is 23.0. The Morgan fingerprint density at radius 1 is 1.05 bits per heavy atom. The van der Waals surface area contributed by atoms with E-state index < -0.39 is 6.04 Å². The highest BCUT2D eigenvalue weighted by Gasteiger charge is 2.39. The Kier molecular flexibility index (Phi) is 8.23. The third-order valence-electron chi connectivity index (χ3n) is 7.98. The first-order valence-electron chi connectivity index (χ1n) is 14.0. The first-order valence-corrected chi connectivity index (χ1v) is 14.0. The molecule has 2 fully saturated rings. The fourth-order valence-corrected chi connectivity index (χ4v) is 5.77. The zero-order valence-electron chi connectivity index (χ0n) is 22.0. The van der Waals surface area contributed by atoms with E-state index in [1.54, 1.807) is 4.90 Å². The first kappa shape index (κ1) is 26.2. The SMILES string of the molecule is NCC1=CCC(NC(=O)CN2CCCCC(NC(=O)CCCc3ccc4ccccc4c3)C2=O)=CC2CC12. The van der Waals surface area contributed by atoms with Gasteiger partial charge in [-0.3, -0.25) is 14.4 Å². The molecule has 0 aromatic heterocycles. The van der Waals surface area contributed by atoms with Crippen LogP contribution in [0.3, 0.4) is 0 Å². The van der Waals surface area contributed by atoms with Crippen LogP contribution in [0.4, 0.5) is 0 Å². The number of nitrogens with one attached hydrogen (secondary N) is 2. The summed E-state index contributed by atoms with van der Waals surface area (Å²) in [7, 11) is 0. The molecule has 7 nitrogen and oxygen atoms in total. The number of fused-ring (bicyclic) bond motifs is 2. The number of nitrogens with zero attached hydrogens (tertiary/aromatic N) is 1. The summed E-state index contributed by atoms with van der Waals surface area (Å²) < 4.78 is 0. The molecular weight excluding hydrogens is 476 g/mol. The molecule has 2 aliphatic carbocycles. The van der Waals surface area contributed by atoms with E-state index in [9.17, 15) is 14.4 Å². The second-order valence-electron chi connectivity index (χ2n) is 10.8. The second-order valence-corrected chi connectivity index (χ2v) is 10.8. The van der Waals surface area contributed by atoms with Gasteiger partial charge in [0.25, 0.3) is 0 Å². The van der Waals surface area contributed by atoms with Crippen molar-refractivity contribution in [2.45, 2.75) is 57.4 Å². The highest BCUT2D eigenvalue weighted by Crippen LogP contribution is 2.47. The van der Waals surface area contributed by atoms with Crippen LogP contribution in [0, 0.1) is 11.8 Å². The minimum atomic E-state index is -0.571. The molecule has 2 aromatic rings. The van der Waals surface area contributed by atoms with Crippen LogP contribution in [0.25, 0.3) is 10.8 Å². The van der Waals surface area contributed by atoms with Crippen LogP contribution in [-0.2, 0) is 20.8 Å². The van der Waals surface area contributed by atoms with Crippen LogP contribution in [0.2, 0.25) is 0 Å². The zero-order valence-corrected chi connectivity index (χ0v) is 22.0. The van der Waals surface area contributed by atoms with Crippen molar-refractivity contribution in [1.82, 2.24) is 15.5 Å². The van der Waals surface area contributed by atoms with Crippen molar-refractivity contribution in [3.05, 3.63) is 71.5 Å². The highest BCUT2D eigenvalue weighted by atomic mass is 16.2. The maximum atomic E-state index is 13.2. The molecule has 38 heavy (non-hydrogen) atoms. The molecule has 1 saturated carbocycles. The average molecular weight is 515 g/mol. The van der Waals surface area contributed by atoms with Gasteiger partial charge in [0.1, 0.15) is 6.04 Å². The van der Waals surface area contributed by atoms with Gasteiger partial charge in [-0.1, -0.05) is 60.2 Å². The van der Waals surface area contributed by atoms with Gasteiger partial charge in [0.05, 0.1) is 6.54 Å². The van der Waals surface area contributed by atoms with Crippen LogP contribution in [0.15, 0.2) is 65.9 Å². The molecule has 5 rings (SSSR count). The summed E-state index contributed by atoms with van der Waals surface area (Å²) in [5.41, 5.74) is 9.23. The average Bonchev–Trinajstić information content (AvgIpc) is 3.71. The standard InChI is InChI=1S/C31H38N4O3/c32-19-24-13-14-26(17-25-18-27(24)25)33-30(37)20-35-15-4-3-9-28(31(35)38)34-29(36)10-5-6-21-11-12-22-7-1-2-8-23(22)16-21/h1-2,7-8,11-13,16-17,25,27-28H,3-6,9-10,14-15,18-20,32H2,(H,33,37)(H,34,36). The molecule has 3 atom stereocenters. The quantitative estimate of drug-likeness (QED) is 0.445. The zero-order chi connectivity index (χ0) is 26.5. The molecule has 200 valence electrons. The number of amides is 3. The Labute approximate surface area is 224 Å². The summed E-state index contributed by atoms with van der Waals surface area (Å²) >= 11 is 0. The second kappa shape index (κ2) is 11.9. The monoisotopic (exact) mass is 514 g/mol. The van der Waals surface area contributed by atoms with Gasteiger partial charge >= 0.3 is 0 Å². The van der Waals surface area contributed by atoms with Crippen molar-refractivity contribution in [2.75, 3.05) is 19.6 Å². The summed E-state index contributed by atoms with van der Waals surface area (Å²) in [6.45, 7) is 1.10. The number of nitrogens with two attached hydrogens (primary N) is 1. The number of hydrogen-bond acceptors (Lipinski definition) is 4. The van der Waals surface area contributed by atoms with Crippen LogP contribution in [0.5, 0.6) is 0 Å². The van der Waals surface area contributed by atoms with E-state index in [4.69, 9.17) is 5.73 Å². The number of rotatable bonds is 9. The van der Waals surface area contributed by atoms with E-state index in [-0.39, 0.29) is 24.3 Å². The van der Waals surface area contributed by atoms with E-state index in [0.717, 1.165) is 31.4 Å². The molecule has 2 aromatic carbocycles. The predicted molar refractivity (Wildman–Crippen MR) is 149 cm³/mol. The lowest BCUT2D eigenvalue weighted by molar-refractivity contribution is -0.138. The topological polar surface area (TPSA) is 105 Å². The predicted octanol–water partition coefficient (Wildman–Crippen LogP) is 3.58. The lowest BCUT2D eigenvalue weighted by Crippen LogP contribution is -2.50. The van der Waals surface area contributed by atoms with E-state index in [0.29, 0.717) is 50.6 Å². The van der Waals surface area contributed by atoms with Gasteiger partial charge in [-0.2, -0.15) is 0 Å². The largest absolute Gasteiger partial charge is 0.344 e. The van der Waals surface area contributed by atoms with Crippen LogP contribution < -0.4 is 16.4 Å². The third kappa shape index (κ3) is 6.51. The molecule has 0 spiro atoms. The molecule has 3 unspecified atom stereocenters. The lowest BCUT2D eigenvalue weighted by atomic mass is 10.0. The van der Waals surface area contributed by atoms with Crippen molar-refractivity contribution in [3.8, 4) is 0 Å². The Bertz CT molecular complexity index is 1270. The lowest BCUT2D eigenvalue weighted by Gasteiger charge is -2.24. The smallest absolute Gasteiger partial charge is 0.245 e. The van der Waals surface area contributed by atoms with Crippen molar-refractivity contribution >= 4 is 28.5 Å². The van der Waals surface area contributed by atoms with E-state index in [1.165, 1.54) is 21.9 Å². The number of benzene rings is 2. The summed E-state index contributed by atoms with van der Waals surface area (Å²) in [6, 6.07) is 14.1. The Morgan fingerprint density at radius 3 is 2.74 bits per heavy atom. The van der Waals surface area contributed by atoms with Crippen LogP contribution in [-0.4, -0.2) is 48.3 Å². The number of hydrogen-bond donors (Lipinski definition) is 3. The summed E-state index contributed by atoms with van der Waals surface area (Å²) in [5, 5.41) is 8.37. The van der Waals surface area contributed by atoms with Gasteiger partial charge in [0.15, 0.2) is 0 Å². The molecule has 1 heterocycles. The molecule has 7 heteroatoms. The number of likely N-dealkylation sites (tertiary alicyclic amines) is 1. The minimum absolute atomic E-state index is 0.00601.